The molecule has 1 N–H and O–H groups in total. The van der Waals surface area contributed by atoms with Gasteiger partial charge in [0.15, 0.2) is 0 Å². The second-order valence-electron chi connectivity index (χ2n) is 5.35. The number of aromatic hydroxyl groups is 1. The summed E-state index contributed by atoms with van der Waals surface area (Å²) in [6, 6.07) is 12.0. The molecular weight excluding hydrogens is 299 g/mol. The van der Waals surface area contributed by atoms with Crippen LogP contribution in [-0.2, 0) is 16.0 Å². The van der Waals surface area contributed by atoms with E-state index >= 15 is 0 Å². The van der Waals surface area contributed by atoms with Crippen molar-refractivity contribution in [1.82, 2.24) is 0 Å². The van der Waals surface area contributed by atoms with Crippen LogP contribution in [0.2, 0.25) is 0 Å². The zero-order valence-corrected chi connectivity index (χ0v) is 13.1. The highest BCUT2D eigenvalue weighted by molar-refractivity contribution is 5.80. The number of phenolic OH excluding ortho intramolecular Hbond substituents is 1. The maximum atomic E-state index is 13.0. The van der Waals surface area contributed by atoms with Gasteiger partial charge in [0.1, 0.15) is 17.3 Å². The highest BCUT2D eigenvalue weighted by Gasteiger charge is 2.37. The van der Waals surface area contributed by atoms with Crippen LogP contribution in [0.15, 0.2) is 48.5 Å². The second kappa shape index (κ2) is 7.13. The minimum absolute atomic E-state index is 0.144. The fraction of sp³-hybridized carbons (Fsp3) is 0.278. The monoisotopic (exact) mass is 318 g/mol. The van der Waals surface area contributed by atoms with Gasteiger partial charge in [-0.3, -0.25) is 0 Å². The van der Waals surface area contributed by atoms with Gasteiger partial charge in [-0.05, 0) is 55.8 Å². The second-order valence-corrected chi connectivity index (χ2v) is 5.35. The first-order valence-corrected chi connectivity index (χ1v) is 7.32. The molecule has 1 atom stereocenters. The van der Waals surface area contributed by atoms with Crippen LogP contribution in [0, 0.1) is 5.82 Å². The number of phenols is 1. The van der Waals surface area contributed by atoms with Crippen LogP contribution in [0.3, 0.4) is 0 Å². The van der Waals surface area contributed by atoms with Crippen LogP contribution in [0.1, 0.15) is 19.4 Å². The van der Waals surface area contributed by atoms with E-state index < -0.39 is 11.6 Å². The smallest absolute Gasteiger partial charge is 0.350 e. The molecule has 0 heterocycles. The molecule has 0 bridgehead atoms. The molecule has 0 aliphatic carbocycles. The van der Waals surface area contributed by atoms with Crippen molar-refractivity contribution in [2.24, 2.45) is 0 Å². The van der Waals surface area contributed by atoms with Crippen molar-refractivity contribution in [2.45, 2.75) is 25.9 Å². The normalized spacial score (nSPS) is 13.2. The Balaban J connectivity index is 2.25. The molecule has 0 saturated heterocycles. The molecule has 2 aromatic carbocycles. The molecule has 0 spiro atoms. The summed E-state index contributed by atoms with van der Waals surface area (Å²) in [5.74, 6) is -0.363. The first-order valence-electron chi connectivity index (χ1n) is 7.32. The van der Waals surface area contributed by atoms with Crippen molar-refractivity contribution in [3.8, 4) is 11.5 Å². The number of rotatable bonds is 6. The molecule has 4 nitrogen and oxygen atoms in total. The van der Waals surface area contributed by atoms with Crippen LogP contribution in [0.5, 0.6) is 11.5 Å². The fourth-order valence-electron chi connectivity index (χ4n) is 2.20. The van der Waals surface area contributed by atoms with Gasteiger partial charge in [0.25, 0.3) is 0 Å². The van der Waals surface area contributed by atoms with Gasteiger partial charge in [-0.25, -0.2) is 9.18 Å². The average molecular weight is 318 g/mol. The molecule has 5 heteroatoms. The lowest BCUT2D eigenvalue weighted by atomic mass is 9.96. The summed E-state index contributed by atoms with van der Waals surface area (Å²) in [5, 5.41) is 9.35. The van der Waals surface area contributed by atoms with E-state index in [4.69, 9.17) is 9.47 Å². The third-order valence-corrected chi connectivity index (χ3v) is 3.34. The lowest BCUT2D eigenvalue weighted by Crippen LogP contribution is -2.45. The van der Waals surface area contributed by atoms with Crippen molar-refractivity contribution < 1.29 is 23.8 Å². The first kappa shape index (κ1) is 16.8. The van der Waals surface area contributed by atoms with Crippen LogP contribution >= 0.6 is 0 Å². The number of carbonyl (C=O) groups is 1. The lowest BCUT2D eigenvalue weighted by molar-refractivity contribution is -0.160. The third kappa shape index (κ3) is 4.45. The van der Waals surface area contributed by atoms with E-state index in [1.54, 1.807) is 38.1 Å². The zero-order valence-electron chi connectivity index (χ0n) is 13.1. The molecule has 0 radical (unpaired) electrons. The fourth-order valence-corrected chi connectivity index (χ4v) is 2.20. The Bertz CT molecular complexity index is 602. The summed E-state index contributed by atoms with van der Waals surface area (Å²) < 4.78 is 23.9. The Labute approximate surface area is 134 Å². The van der Waals surface area contributed by atoms with Crippen molar-refractivity contribution in [3.05, 3.63) is 59.9 Å². The van der Waals surface area contributed by atoms with Gasteiger partial charge in [-0.2, -0.15) is 0 Å². The minimum atomic E-state index is -1.26. The summed E-state index contributed by atoms with van der Waals surface area (Å²) in [4.78, 5) is 12.3. The van der Waals surface area contributed by atoms with Gasteiger partial charge >= 0.3 is 5.97 Å². The maximum absolute atomic E-state index is 13.0. The Morgan fingerprint density at radius 1 is 1.13 bits per heavy atom. The number of hydrogen-bond acceptors (Lipinski definition) is 4. The van der Waals surface area contributed by atoms with E-state index in [0.717, 1.165) is 5.56 Å². The predicted octanol–water partition coefficient (Wildman–Crippen LogP) is 3.47. The average Bonchev–Trinajstić information content (AvgIpc) is 2.52. The Kier molecular flexibility index (Phi) is 5.21. The van der Waals surface area contributed by atoms with Gasteiger partial charge in [0.05, 0.1) is 6.61 Å². The van der Waals surface area contributed by atoms with Crippen molar-refractivity contribution in [3.63, 3.8) is 0 Å². The summed E-state index contributed by atoms with van der Waals surface area (Å²) in [6.07, 6.45) is 0.253. The quantitative estimate of drug-likeness (QED) is 0.829. The topological polar surface area (TPSA) is 55.8 Å². The lowest BCUT2D eigenvalue weighted by Gasteiger charge is -2.28. The van der Waals surface area contributed by atoms with E-state index in [9.17, 15) is 14.3 Å². The molecule has 0 saturated carbocycles. The number of ether oxygens (including phenoxy) is 2. The summed E-state index contributed by atoms with van der Waals surface area (Å²) in [5.41, 5.74) is -0.453. The highest BCUT2D eigenvalue weighted by Crippen LogP contribution is 2.25. The Morgan fingerprint density at radius 3 is 2.30 bits per heavy atom. The van der Waals surface area contributed by atoms with Crippen LogP contribution in [-0.4, -0.2) is 23.3 Å². The molecule has 2 aromatic rings. The molecule has 0 fully saturated rings. The van der Waals surface area contributed by atoms with E-state index in [1.807, 2.05) is 0 Å². The molecule has 23 heavy (non-hydrogen) atoms. The Hall–Kier alpha value is -2.56. The third-order valence-electron chi connectivity index (χ3n) is 3.34. The molecule has 0 aliphatic rings. The standard InChI is InChI=1S/C18H19FO4/c1-3-22-17(21)18(2,12-13-4-8-15(20)9-5-13)23-16-10-6-14(19)7-11-16/h4-11,20H,3,12H2,1-2H3/t18-/m0/s1. The molecule has 2 rings (SSSR count). The van der Waals surface area contributed by atoms with Crippen LogP contribution in [0.4, 0.5) is 4.39 Å². The molecule has 0 unspecified atom stereocenters. The SMILES string of the molecule is CCOC(=O)[C@](C)(Cc1ccc(O)cc1)Oc1ccc(F)cc1. The van der Waals surface area contributed by atoms with Gasteiger partial charge in [-0.1, -0.05) is 12.1 Å². The molecule has 122 valence electrons. The number of carbonyl (C=O) groups excluding carboxylic acids is 1. The predicted molar refractivity (Wildman–Crippen MR) is 83.9 cm³/mol. The van der Waals surface area contributed by atoms with Gasteiger partial charge in [0, 0.05) is 6.42 Å². The van der Waals surface area contributed by atoms with E-state index in [0.29, 0.717) is 5.75 Å². The minimum Gasteiger partial charge on any atom is -0.508 e. The summed E-state index contributed by atoms with van der Waals surface area (Å²) in [7, 11) is 0. The van der Waals surface area contributed by atoms with E-state index in [-0.39, 0.29) is 24.6 Å². The molecular formula is C18H19FO4. The molecule has 0 aliphatic heterocycles. The first-order chi connectivity index (χ1) is 10.9. The number of halogens is 1. The molecule has 0 amide bonds. The van der Waals surface area contributed by atoms with Crippen LogP contribution < -0.4 is 4.74 Å². The number of esters is 1. The number of benzene rings is 2. The number of hydrogen-bond donors (Lipinski definition) is 1. The van der Waals surface area contributed by atoms with E-state index in [2.05, 4.69) is 0 Å². The highest BCUT2D eigenvalue weighted by atomic mass is 19.1. The summed E-state index contributed by atoms with van der Waals surface area (Å²) >= 11 is 0. The summed E-state index contributed by atoms with van der Waals surface area (Å²) in [6.45, 7) is 3.58. The maximum Gasteiger partial charge on any atom is 0.350 e. The van der Waals surface area contributed by atoms with Gasteiger partial charge in [0.2, 0.25) is 5.60 Å². The van der Waals surface area contributed by atoms with E-state index in [1.165, 1.54) is 24.3 Å². The van der Waals surface area contributed by atoms with Crippen LogP contribution in [0.25, 0.3) is 0 Å². The molecule has 0 aromatic heterocycles. The Morgan fingerprint density at radius 2 is 1.74 bits per heavy atom. The van der Waals surface area contributed by atoms with Crippen molar-refractivity contribution in [1.29, 1.82) is 0 Å². The van der Waals surface area contributed by atoms with Crippen molar-refractivity contribution in [2.75, 3.05) is 6.61 Å². The van der Waals surface area contributed by atoms with Gasteiger partial charge in [-0.15, -0.1) is 0 Å². The largest absolute Gasteiger partial charge is 0.508 e. The van der Waals surface area contributed by atoms with Crippen molar-refractivity contribution >= 4 is 5.97 Å². The van der Waals surface area contributed by atoms with Gasteiger partial charge < -0.3 is 14.6 Å². The zero-order chi connectivity index (χ0) is 16.9.